The molecule has 2 amide bonds. The molecule has 0 bridgehead atoms. The molecule has 6 nitrogen and oxygen atoms in total. The Morgan fingerprint density at radius 2 is 2.12 bits per heavy atom. The number of carbonyl (C=O) groups is 2. The Balaban J connectivity index is 1.64. The van der Waals surface area contributed by atoms with Crippen LogP contribution in [-0.4, -0.2) is 34.7 Å². The number of aromatic nitrogens is 2. The van der Waals surface area contributed by atoms with Gasteiger partial charge >= 0.3 is 0 Å². The predicted octanol–water partition coefficient (Wildman–Crippen LogP) is 2.13. The van der Waals surface area contributed by atoms with Crippen LogP contribution in [-0.2, 0) is 11.3 Å². The minimum atomic E-state index is -0.137. The van der Waals surface area contributed by atoms with E-state index in [1.54, 1.807) is 11.4 Å². The van der Waals surface area contributed by atoms with E-state index in [9.17, 15) is 9.59 Å². The molecule has 0 saturated heterocycles. The third-order valence-corrected chi connectivity index (χ3v) is 4.34. The van der Waals surface area contributed by atoms with Crippen LogP contribution in [0.3, 0.4) is 0 Å². The van der Waals surface area contributed by atoms with Gasteiger partial charge in [0, 0.05) is 42.7 Å². The average Bonchev–Trinajstić information content (AvgIpc) is 3.15. The van der Waals surface area contributed by atoms with Crippen LogP contribution in [0.2, 0.25) is 0 Å². The second-order valence-electron chi connectivity index (χ2n) is 6.04. The number of aryl methyl sites for hydroxylation is 2. The Morgan fingerprint density at radius 1 is 1.33 bits per heavy atom. The zero-order valence-corrected chi connectivity index (χ0v) is 15.2. The van der Waals surface area contributed by atoms with Gasteiger partial charge in [-0.15, -0.1) is 0 Å². The molecule has 2 aromatic rings. The summed E-state index contributed by atoms with van der Waals surface area (Å²) in [6.45, 7) is 7.79. The fourth-order valence-corrected chi connectivity index (χ4v) is 3.02. The van der Waals surface area contributed by atoms with Crippen molar-refractivity contribution in [2.75, 3.05) is 13.1 Å². The van der Waals surface area contributed by atoms with Crippen LogP contribution >= 0.6 is 11.3 Å². The fourth-order valence-electron chi connectivity index (χ4n) is 2.38. The molecular weight excluding hydrogens is 324 g/mol. The van der Waals surface area contributed by atoms with E-state index in [0.29, 0.717) is 18.7 Å². The molecule has 2 heterocycles. The molecule has 0 spiro atoms. The number of hydrogen-bond acceptors (Lipinski definition) is 4. The van der Waals surface area contributed by atoms with E-state index in [0.717, 1.165) is 17.9 Å². The molecule has 130 valence electrons. The standard InChI is InChI=1S/C17H24N4O2S/c1-12(10-21-14(3)8-13(2)20-21)9-19-16(22)4-6-18-17(23)15-5-7-24-11-15/h5,7-8,11-12H,4,6,9-10H2,1-3H3,(H,18,23)(H,19,22)/t12-/m1/s1. The number of rotatable bonds is 8. The molecular formula is C17H24N4O2S. The Bertz CT molecular complexity index is 679. The highest BCUT2D eigenvalue weighted by atomic mass is 32.1. The summed E-state index contributed by atoms with van der Waals surface area (Å²) in [5.74, 6) is 0.0927. The van der Waals surface area contributed by atoms with Crippen molar-refractivity contribution in [1.29, 1.82) is 0 Å². The molecule has 0 aliphatic rings. The minimum Gasteiger partial charge on any atom is -0.356 e. The first kappa shape index (κ1) is 18.2. The average molecular weight is 348 g/mol. The second-order valence-corrected chi connectivity index (χ2v) is 6.82. The minimum absolute atomic E-state index is 0.0548. The number of hydrogen-bond donors (Lipinski definition) is 2. The quantitative estimate of drug-likeness (QED) is 0.767. The van der Waals surface area contributed by atoms with Crippen molar-refractivity contribution in [2.45, 2.75) is 33.7 Å². The van der Waals surface area contributed by atoms with Crippen LogP contribution in [0.4, 0.5) is 0 Å². The molecule has 2 rings (SSSR count). The molecule has 7 heteroatoms. The molecule has 24 heavy (non-hydrogen) atoms. The summed E-state index contributed by atoms with van der Waals surface area (Å²) in [5, 5.41) is 13.7. The molecule has 1 atom stereocenters. The summed E-state index contributed by atoms with van der Waals surface area (Å²) in [6, 6.07) is 3.81. The number of nitrogens with one attached hydrogen (secondary N) is 2. The lowest BCUT2D eigenvalue weighted by Crippen LogP contribution is -2.33. The van der Waals surface area contributed by atoms with Gasteiger partial charge in [-0.05, 0) is 37.3 Å². The molecule has 0 radical (unpaired) electrons. The SMILES string of the molecule is Cc1cc(C)n(C[C@H](C)CNC(=O)CCNC(=O)c2ccsc2)n1. The molecule has 2 aromatic heterocycles. The van der Waals surface area contributed by atoms with Gasteiger partial charge in [0.1, 0.15) is 0 Å². The van der Waals surface area contributed by atoms with Crippen molar-refractivity contribution in [3.63, 3.8) is 0 Å². The van der Waals surface area contributed by atoms with E-state index < -0.39 is 0 Å². The van der Waals surface area contributed by atoms with Crippen molar-refractivity contribution in [3.8, 4) is 0 Å². The topological polar surface area (TPSA) is 76.0 Å². The van der Waals surface area contributed by atoms with Gasteiger partial charge in [0.25, 0.3) is 5.91 Å². The van der Waals surface area contributed by atoms with E-state index >= 15 is 0 Å². The summed E-state index contributed by atoms with van der Waals surface area (Å²) in [6.07, 6.45) is 0.280. The van der Waals surface area contributed by atoms with E-state index in [1.165, 1.54) is 11.3 Å². The van der Waals surface area contributed by atoms with Crippen molar-refractivity contribution in [2.24, 2.45) is 5.92 Å². The summed E-state index contributed by atoms with van der Waals surface area (Å²) in [4.78, 5) is 23.6. The van der Waals surface area contributed by atoms with Crippen LogP contribution in [0, 0.1) is 19.8 Å². The Hall–Kier alpha value is -2.15. The van der Waals surface area contributed by atoms with E-state index in [2.05, 4.69) is 22.7 Å². The highest BCUT2D eigenvalue weighted by Crippen LogP contribution is 2.06. The van der Waals surface area contributed by atoms with Crippen LogP contribution in [0.1, 0.15) is 35.1 Å². The van der Waals surface area contributed by atoms with Crippen LogP contribution in [0.25, 0.3) is 0 Å². The first-order valence-electron chi connectivity index (χ1n) is 8.04. The molecule has 0 saturated carbocycles. The summed E-state index contributed by atoms with van der Waals surface area (Å²) >= 11 is 1.47. The van der Waals surface area contributed by atoms with Crippen LogP contribution in [0.5, 0.6) is 0 Å². The number of thiophene rings is 1. The number of carbonyl (C=O) groups excluding carboxylic acids is 2. The van der Waals surface area contributed by atoms with Crippen LogP contribution < -0.4 is 10.6 Å². The monoisotopic (exact) mass is 348 g/mol. The summed E-state index contributed by atoms with van der Waals surface area (Å²) < 4.78 is 1.97. The van der Waals surface area contributed by atoms with E-state index in [4.69, 9.17) is 0 Å². The van der Waals surface area contributed by atoms with Gasteiger partial charge in [-0.2, -0.15) is 16.4 Å². The number of amides is 2. The zero-order chi connectivity index (χ0) is 17.5. The van der Waals surface area contributed by atoms with Gasteiger partial charge in [0.15, 0.2) is 0 Å². The van der Waals surface area contributed by atoms with Gasteiger partial charge in [-0.1, -0.05) is 6.92 Å². The van der Waals surface area contributed by atoms with Crippen molar-refractivity contribution < 1.29 is 9.59 Å². The zero-order valence-electron chi connectivity index (χ0n) is 14.3. The van der Waals surface area contributed by atoms with E-state index in [1.807, 2.05) is 30.0 Å². The summed E-state index contributed by atoms with van der Waals surface area (Å²) in [5.41, 5.74) is 2.77. The molecule has 0 unspecified atom stereocenters. The maximum atomic E-state index is 11.9. The highest BCUT2D eigenvalue weighted by Gasteiger charge is 2.10. The molecule has 0 aromatic carbocycles. The second kappa shape index (κ2) is 8.63. The number of nitrogens with zero attached hydrogens (tertiary/aromatic N) is 2. The molecule has 0 fully saturated rings. The lowest BCUT2D eigenvalue weighted by molar-refractivity contribution is -0.121. The Labute approximate surface area is 146 Å². The van der Waals surface area contributed by atoms with Crippen molar-refractivity contribution >= 4 is 23.2 Å². The van der Waals surface area contributed by atoms with Gasteiger partial charge in [0.05, 0.1) is 5.69 Å². The first-order valence-corrected chi connectivity index (χ1v) is 8.98. The largest absolute Gasteiger partial charge is 0.356 e. The first-order chi connectivity index (χ1) is 11.5. The van der Waals surface area contributed by atoms with Gasteiger partial charge in [-0.3, -0.25) is 14.3 Å². The summed E-state index contributed by atoms with van der Waals surface area (Å²) in [7, 11) is 0. The van der Waals surface area contributed by atoms with Crippen LogP contribution in [0.15, 0.2) is 22.9 Å². The predicted molar refractivity (Wildman–Crippen MR) is 95.1 cm³/mol. The van der Waals surface area contributed by atoms with Gasteiger partial charge in [-0.25, -0.2) is 0 Å². The Morgan fingerprint density at radius 3 is 2.75 bits per heavy atom. The third-order valence-electron chi connectivity index (χ3n) is 3.66. The molecule has 2 N–H and O–H groups in total. The lowest BCUT2D eigenvalue weighted by Gasteiger charge is -2.14. The third kappa shape index (κ3) is 5.49. The van der Waals surface area contributed by atoms with Crippen molar-refractivity contribution in [1.82, 2.24) is 20.4 Å². The normalized spacial score (nSPS) is 12.0. The molecule has 0 aliphatic heterocycles. The van der Waals surface area contributed by atoms with E-state index in [-0.39, 0.29) is 24.2 Å². The van der Waals surface area contributed by atoms with Gasteiger partial charge in [0.2, 0.25) is 5.91 Å². The van der Waals surface area contributed by atoms with Crippen molar-refractivity contribution in [3.05, 3.63) is 39.8 Å². The fraction of sp³-hybridized carbons (Fsp3) is 0.471. The molecule has 0 aliphatic carbocycles. The smallest absolute Gasteiger partial charge is 0.252 e. The maximum absolute atomic E-state index is 11.9. The maximum Gasteiger partial charge on any atom is 0.252 e. The lowest BCUT2D eigenvalue weighted by atomic mass is 10.2. The van der Waals surface area contributed by atoms with Gasteiger partial charge < -0.3 is 10.6 Å². The highest BCUT2D eigenvalue weighted by molar-refractivity contribution is 7.08. The Kier molecular flexibility index (Phi) is 6.54.